The first-order chi connectivity index (χ1) is 5.29. The molecule has 0 aromatic carbocycles. The van der Waals surface area contributed by atoms with E-state index in [9.17, 15) is 4.79 Å². The minimum absolute atomic E-state index is 0.331. The minimum atomic E-state index is -0.331. The molecule has 11 heavy (non-hydrogen) atoms. The lowest BCUT2D eigenvalue weighted by atomic mass is 10.4. The normalized spacial score (nSPS) is 15.5. The lowest BCUT2D eigenvalue weighted by Crippen LogP contribution is -1.98. The first-order valence-corrected chi connectivity index (χ1v) is 3.87. The maximum atomic E-state index is 10.5. The van der Waals surface area contributed by atoms with Crippen molar-refractivity contribution in [1.29, 1.82) is 0 Å². The first kappa shape index (κ1) is 8.07. The monoisotopic (exact) mass is 169 g/mol. The largest absolute Gasteiger partial charge is 0.425 e. The smallest absolute Gasteiger partial charge is 0.308 e. The zero-order valence-electron chi connectivity index (χ0n) is 5.98. The highest BCUT2D eigenvalue weighted by atomic mass is 32.2. The van der Waals surface area contributed by atoms with Crippen LogP contribution in [0.15, 0.2) is 27.7 Å². The zero-order chi connectivity index (χ0) is 8.10. The van der Waals surface area contributed by atoms with Crippen molar-refractivity contribution in [2.75, 3.05) is 0 Å². The number of carbonyl (C=O) groups excluding carboxylic acids is 1. The highest BCUT2D eigenvalue weighted by molar-refractivity contribution is 8.01. The Morgan fingerprint density at radius 1 is 1.73 bits per heavy atom. The van der Waals surface area contributed by atoms with E-state index in [4.69, 9.17) is 4.74 Å². The lowest BCUT2D eigenvalue weighted by molar-refractivity contribution is -0.136. The fourth-order valence-electron chi connectivity index (χ4n) is 0.556. The van der Waals surface area contributed by atoms with E-state index >= 15 is 0 Å². The second-order valence-electron chi connectivity index (χ2n) is 1.83. The predicted molar refractivity (Wildman–Crippen MR) is 45.1 cm³/mol. The van der Waals surface area contributed by atoms with Crippen LogP contribution in [0, 0.1) is 0 Å². The Bertz CT molecular complexity index is 243. The molecule has 0 radical (unpaired) electrons. The Labute approximate surface area is 69.0 Å². The number of nitrogens with zero attached hydrogens (tertiary/aromatic N) is 1. The van der Waals surface area contributed by atoms with E-state index in [1.54, 1.807) is 17.6 Å². The van der Waals surface area contributed by atoms with Crippen LogP contribution in [0.5, 0.6) is 0 Å². The molecule has 0 unspecified atom stereocenters. The van der Waals surface area contributed by atoms with Crippen LogP contribution in [0.1, 0.15) is 6.92 Å². The van der Waals surface area contributed by atoms with Crippen LogP contribution < -0.4 is 0 Å². The molecule has 1 rings (SSSR count). The SMILES string of the molecule is CC(=O)OC1=CC=CSN=C1. The third-order valence-electron chi connectivity index (χ3n) is 0.902. The molecule has 1 aliphatic heterocycles. The number of carbonyl (C=O) groups is 1. The summed E-state index contributed by atoms with van der Waals surface area (Å²) in [4.78, 5) is 10.5. The van der Waals surface area contributed by atoms with Crippen LogP contribution in [-0.4, -0.2) is 12.2 Å². The summed E-state index contributed by atoms with van der Waals surface area (Å²) in [7, 11) is 0. The van der Waals surface area contributed by atoms with Crippen molar-refractivity contribution < 1.29 is 9.53 Å². The van der Waals surface area contributed by atoms with Crippen molar-refractivity contribution in [1.82, 2.24) is 0 Å². The topological polar surface area (TPSA) is 38.7 Å². The maximum absolute atomic E-state index is 10.5. The van der Waals surface area contributed by atoms with Crippen LogP contribution in [0.2, 0.25) is 0 Å². The molecule has 0 bridgehead atoms. The standard InChI is InChI=1S/C7H7NO2S/c1-6(9)10-7-3-2-4-11-8-5-7/h2-5H,1H3. The number of allylic oxidation sites excluding steroid dienone is 3. The molecule has 0 aromatic rings. The summed E-state index contributed by atoms with van der Waals surface area (Å²) in [6, 6.07) is 0. The molecule has 0 saturated carbocycles. The van der Waals surface area contributed by atoms with Gasteiger partial charge in [-0.05, 0) is 11.5 Å². The van der Waals surface area contributed by atoms with Gasteiger partial charge in [-0.2, -0.15) is 0 Å². The summed E-state index contributed by atoms with van der Waals surface area (Å²) in [5, 5.41) is 1.80. The van der Waals surface area contributed by atoms with Crippen LogP contribution >= 0.6 is 11.9 Å². The van der Waals surface area contributed by atoms with E-state index < -0.39 is 0 Å². The molecular weight excluding hydrogens is 162 g/mol. The molecule has 0 aromatic heterocycles. The van der Waals surface area contributed by atoms with Crippen LogP contribution in [0.4, 0.5) is 0 Å². The van der Waals surface area contributed by atoms with Crippen LogP contribution in [0.25, 0.3) is 0 Å². The van der Waals surface area contributed by atoms with Gasteiger partial charge >= 0.3 is 5.97 Å². The molecule has 0 saturated heterocycles. The number of hydrogen-bond acceptors (Lipinski definition) is 4. The predicted octanol–water partition coefficient (Wildman–Crippen LogP) is 1.68. The quantitative estimate of drug-likeness (QED) is 0.443. The fraction of sp³-hybridized carbons (Fsp3) is 0.143. The highest BCUT2D eigenvalue weighted by Gasteiger charge is 1.98. The number of esters is 1. The molecule has 0 fully saturated rings. The van der Waals surface area contributed by atoms with Crippen molar-refractivity contribution in [3.8, 4) is 0 Å². The van der Waals surface area contributed by atoms with Crippen molar-refractivity contribution >= 4 is 24.1 Å². The van der Waals surface area contributed by atoms with Gasteiger partial charge in [0.15, 0.2) is 0 Å². The number of rotatable bonds is 1. The van der Waals surface area contributed by atoms with Gasteiger partial charge < -0.3 is 4.74 Å². The highest BCUT2D eigenvalue weighted by Crippen LogP contribution is 2.09. The van der Waals surface area contributed by atoms with Gasteiger partial charge in [0, 0.05) is 18.9 Å². The number of hydrogen-bond donors (Lipinski definition) is 0. The van der Waals surface area contributed by atoms with E-state index in [-0.39, 0.29) is 5.97 Å². The van der Waals surface area contributed by atoms with E-state index in [0.717, 1.165) is 0 Å². The Hall–Kier alpha value is -1.03. The molecule has 4 heteroatoms. The number of ether oxygens (including phenoxy) is 1. The summed E-state index contributed by atoms with van der Waals surface area (Å²) in [6.45, 7) is 1.36. The van der Waals surface area contributed by atoms with Gasteiger partial charge in [0.2, 0.25) is 0 Å². The van der Waals surface area contributed by atoms with Gasteiger partial charge in [-0.1, -0.05) is 6.08 Å². The third-order valence-corrected chi connectivity index (χ3v) is 1.41. The molecule has 58 valence electrons. The van der Waals surface area contributed by atoms with Crippen LogP contribution in [-0.2, 0) is 9.53 Å². The average Bonchev–Trinajstić information content (AvgIpc) is 2.14. The molecule has 3 nitrogen and oxygen atoms in total. The molecule has 1 aliphatic rings. The average molecular weight is 169 g/mol. The van der Waals surface area contributed by atoms with Gasteiger partial charge in [0.1, 0.15) is 5.76 Å². The van der Waals surface area contributed by atoms with Crippen molar-refractivity contribution in [3.05, 3.63) is 23.3 Å². The molecule has 0 N–H and O–H groups in total. The van der Waals surface area contributed by atoms with Gasteiger partial charge in [0.05, 0.1) is 6.21 Å². The third kappa shape index (κ3) is 3.04. The molecule has 0 spiro atoms. The summed E-state index contributed by atoms with van der Waals surface area (Å²) in [5.74, 6) is 0.141. The molecule has 0 aliphatic carbocycles. The van der Waals surface area contributed by atoms with E-state index in [2.05, 4.69) is 4.40 Å². The molecular formula is C7H7NO2S. The molecule has 1 heterocycles. The Morgan fingerprint density at radius 3 is 3.27 bits per heavy atom. The van der Waals surface area contributed by atoms with E-state index in [1.165, 1.54) is 25.1 Å². The van der Waals surface area contributed by atoms with Crippen molar-refractivity contribution in [2.45, 2.75) is 6.92 Å². The second kappa shape index (κ2) is 3.98. The fourth-order valence-corrected chi connectivity index (χ4v) is 0.940. The lowest BCUT2D eigenvalue weighted by Gasteiger charge is -1.96. The van der Waals surface area contributed by atoms with Gasteiger partial charge in [-0.15, -0.1) is 0 Å². The first-order valence-electron chi connectivity index (χ1n) is 3.03. The van der Waals surface area contributed by atoms with E-state index in [1.807, 2.05) is 0 Å². The van der Waals surface area contributed by atoms with Crippen molar-refractivity contribution in [3.63, 3.8) is 0 Å². The van der Waals surface area contributed by atoms with Gasteiger partial charge in [-0.25, -0.2) is 4.40 Å². The zero-order valence-corrected chi connectivity index (χ0v) is 6.80. The maximum Gasteiger partial charge on any atom is 0.308 e. The van der Waals surface area contributed by atoms with Crippen LogP contribution in [0.3, 0.4) is 0 Å². The van der Waals surface area contributed by atoms with Gasteiger partial charge in [-0.3, -0.25) is 4.79 Å². The molecule has 0 atom stereocenters. The molecule has 0 amide bonds. The minimum Gasteiger partial charge on any atom is -0.425 e. The summed E-state index contributed by atoms with van der Waals surface area (Å²) < 4.78 is 8.64. The van der Waals surface area contributed by atoms with Crippen molar-refractivity contribution in [2.24, 2.45) is 4.40 Å². The summed E-state index contributed by atoms with van der Waals surface area (Å²) in [6.07, 6.45) is 4.97. The van der Waals surface area contributed by atoms with E-state index in [0.29, 0.717) is 5.76 Å². The Kier molecular flexibility index (Phi) is 2.92. The second-order valence-corrected chi connectivity index (χ2v) is 2.52. The summed E-state index contributed by atoms with van der Waals surface area (Å²) in [5.41, 5.74) is 0. The summed E-state index contributed by atoms with van der Waals surface area (Å²) >= 11 is 1.29. The Balaban J connectivity index is 2.62. The van der Waals surface area contributed by atoms with Gasteiger partial charge in [0.25, 0.3) is 0 Å². The Morgan fingerprint density at radius 2 is 2.55 bits per heavy atom.